The number of ether oxygens (including phenoxy) is 1. The standard InChI is InChI=1S/C28H25N3O/c1-21-6-3-7-22(16-21)23-12-13-29-28(18-23)24-8-4-10-26(17-24)32-27-11-5-9-25(19-27)31-15-14-30(2)20-31/h3-19H,20H2,1-2H3. The van der Waals surface area contributed by atoms with E-state index in [-0.39, 0.29) is 0 Å². The van der Waals surface area contributed by atoms with Crippen LogP contribution in [0.25, 0.3) is 22.4 Å². The van der Waals surface area contributed by atoms with Crippen LogP contribution in [0.1, 0.15) is 5.56 Å². The fourth-order valence-corrected chi connectivity index (χ4v) is 3.87. The van der Waals surface area contributed by atoms with Crippen LogP contribution in [0.3, 0.4) is 0 Å². The highest BCUT2D eigenvalue weighted by atomic mass is 16.5. The van der Waals surface area contributed by atoms with Crippen LogP contribution < -0.4 is 9.64 Å². The molecule has 1 aliphatic heterocycles. The molecule has 0 unspecified atom stereocenters. The minimum atomic E-state index is 0.788. The average Bonchev–Trinajstić information content (AvgIpc) is 3.26. The summed E-state index contributed by atoms with van der Waals surface area (Å²) in [5, 5.41) is 0. The highest BCUT2D eigenvalue weighted by Gasteiger charge is 2.12. The summed E-state index contributed by atoms with van der Waals surface area (Å²) in [6, 6.07) is 28.9. The molecule has 4 nitrogen and oxygen atoms in total. The molecule has 4 heteroatoms. The van der Waals surface area contributed by atoms with E-state index in [0.717, 1.165) is 40.7 Å². The molecule has 0 saturated heterocycles. The number of aromatic nitrogens is 1. The predicted octanol–water partition coefficient (Wildman–Crippen LogP) is 6.70. The highest BCUT2D eigenvalue weighted by molar-refractivity contribution is 5.71. The molecule has 0 spiro atoms. The van der Waals surface area contributed by atoms with Crippen molar-refractivity contribution in [1.29, 1.82) is 0 Å². The maximum absolute atomic E-state index is 6.21. The van der Waals surface area contributed by atoms with Crippen molar-refractivity contribution in [1.82, 2.24) is 9.88 Å². The van der Waals surface area contributed by atoms with Gasteiger partial charge in [0.25, 0.3) is 0 Å². The Morgan fingerprint density at radius 1 is 0.750 bits per heavy atom. The van der Waals surface area contributed by atoms with E-state index < -0.39 is 0 Å². The van der Waals surface area contributed by atoms with Crippen molar-refractivity contribution in [3.8, 4) is 33.9 Å². The van der Waals surface area contributed by atoms with Gasteiger partial charge in [-0.15, -0.1) is 0 Å². The molecule has 158 valence electrons. The molecule has 0 amide bonds. The Bertz CT molecular complexity index is 1280. The summed E-state index contributed by atoms with van der Waals surface area (Å²) in [4.78, 5) is 8.92. The first-order valence-corrected chi connectivity index (χ1v) is 10.7. The van der Waals surface area contributed by atoms with Gasteiger partial charge in [0.1, 0.15) is 11.5 Å². The van der Waals surface area contributed by atoms with Crippen LogP contribution in [-0.2, 0) is 0 Å². The van der Waals surface area contributed by atoms with Gasteiger partial charge in [-0.2, -0.15) is 0 Å². The number of anilines is 1. The first-order valence-electron chi connectivity index (χ1n) is 10.7. The van der Waals surface area contributed by atoms with Crippen molar-refractivity contribution in [2.45, 2.75) is 6.92 Å². The van der Waals surface area contributed by atoms with Crippen molar-refractivity contribution < 1.29 is 4.74 Å². The van der Waals surface area contributed by atoms with Crippen LogP contribution in [0.4, 0.5) is 5.69 Å². The van der Waals surface area contributed by atoms with Gasteiger partial charge in [0.15, 0.2) is 0 Å². The van der Waals surface area contributed by atoms with Crippen LogP contribution in [0.5, 0.6) is 11.5 Å². The summed E-state index contributed by atoms with van der Waals surface area (Å²) in [5.74, 6) is 1.60. The van der Waals surface area contributed by atoms with E-state index in [1.165, 1.54) is 11.1 Å². The van der Waals surface area contributed by atoms with Gasteiger partial charge < -0.3 is 14.5 Å². The van der Waals surface area contributed by atoms with E-state index in [2.05, 4.69) is 89.7 Å². The van der Waals surface area contributed by atoms with Crippen molar-refractivity contribution in [3.63, 3.8) is 0 Å². The molecule has 0 fully saturated rings. The molecule has 4 aromatic rings. The molecule has 32 heavy (non-hydrogen) atoms. The number of rotatable bonds is 5. The third kappa shape index (κ3) is 4.35. The number of aryl methyl sites for hydroxylation is 1. The molecule has 0 radical (unpaired) electrons. The Hall–Kier alpha value is -4.05. The van der Waals surface area contributed by atoms with Crippen LogP contribution in [0, 0.1) is 6.92 Å². The summed E-state index contributed by atoms with van der Waals surface area (Å²) in [7, 11) is 2.06. The fraction of sp³-hybridized carbons (Fsp3) is 0.107. The van der Waals surface area contributed by atoms with Crippen LogP contribution in [-0.4, -0.2) is 23.6 Å². The lowest BCUT2D eigenvalue weighted by Gasteiger charge is -2.19. The molecular formula is C28H25N3O. The first-order chi connectivity index (χ1) is 15.6. The molecule has 0 saturated carbocycles. The van der Waals surface area contributed by atoms with Crippen LogP contribution in [0.2, 0.25) is 0 Å². The molecule has 1 aliphatic rings. The van der Waals surface area contributed by atoms with Crippen LogP contribution >= 0.6 is 0 Å². The normalized spacial score (nSPS) is 12.9. The second kappa shape index (κ2) is 8.60. The number of nitrogens with zero attached hydrogens (tertiary/aromatic N) is 3. The van der Waals surface area contributed by atoms with E-state index in [0.29, 0.717) is 0 Å². The molecule has 0 aliphatic carbocycles. The average molecular weight is 420 g/mol. The van der Waals surface area contributed by atoms with E-state index >= 15 is 0 Å². The van der Waals surface area contributed by atoms with Crippen molar-refractivity contribution >= 4 is 5.69 Å². The number of benzene rings is 3. The minimum Gasteiger partial charge on any atom is -0.457 e. The molecular weight excluding hydrogens is 394 g/mol. The first kappa shape index (κ1) is 19.9. The highest BCUT2D eigenvalue weighted by Crippen LogP contribution is 2.31. The van der Waals surface area contributed by atoms with Crippen molar-refractivity contribution in [2.24, 2.45) is 0 Å². The van der Waals surface area contributed by atoms with Gasteiger partial charge in [-0.25, -0.2) is 0 Å². The maximum atomic E-state index is 6.21. The zero-order valence-corrected chi connectivity index (χ0v) is 18.3. The van der Waals surface area contributed by atoms with E-state index in [9.17, 15) is 0 Å². The molecule has 1 aromatic heterocycles. The second-order valence-corrected chi connectivity index (χ2v) is 8.09. The lowest BCUT2D eigenvalue weighted by atomic mass is 10.0. The van der Waals surface area contributed by atoms with E-state index in [4.69, 9.17) is 4.74 Å². The molecule has 5 rings (SSSR count). The second-order valence-electron chi connectivity index (χ2n) is 8.09. The Balaban J connectivity index is 1.39. The number of hydrogen-bond acceptors (Lipinski definition) is 4. The SMILES string of the molecule is Cc1cccc(-c2ccnc(-c3cccc(Oc4cccc(N5C=CN(C)C5)c4)c3)c2)c1. The van der Waals surface area contributed by atoms with Gasteiger partial charge in [0, 0.05) is 43.0 Å². The maximum Gasteiger partial charge on any atom is 0.129 e. The van der Waals surface area contributed by atoms with E-state index in [1.807, 2.05) is 42.6 Å². The smallest absolute Gasteiger partial charge is 0.129 e. The lowest BCUT2D eigenvalue weighted by Crippen LogP contribution is -2.21. The van der Waals surface area contributed by atoms with Crippen molar-refractivity contribution in [2.75, 3.05) is 18.6 Å². The fourth-order valence-electron chi connectivity index (χ4n) is 3.87. The van der Waals surface area contributed by atoms with E-state index in [1.54, 1.807) is 0 Å². The summed E-state index contributed by atoms with van der Waals surface area (Å²) >= 11 is 0. The summed E-state index contributed by atoms with van der Waals surface area (Å²) in [6.45, 7) is 2.95. The van der Waals surface area contributed by atoms with Gasteiger partial charge in [0.2, 0.25) is 0 Å². The Morgan fingerprint density at radius 3 is 2.31 bits per heavy atom. The van der Waals surface area contributed by atoms with Gasteiger partial charge in [0.05, 0.1) is 12.4 Å². The summed E-state index contributed by atoms with van der Waals surface area (Å²) in [6.07, 6.45) is 6.01. The Morgan fingerprint density at radius 2 is 1.50 bits per heavy atom. The monoisotopic (exact) mass is 419 g/mol. The van der Waals surface area contributed by atoms with Crippen molar-refractivity contribution in [3.05, 3.63) is 109 Å². The van der Waals surface area contributed by atoms with Gasteiger partial charge >= 0.3 is 0 Å². The largest absolute Gasteiger partial charge is 0.457 e. The minimum absolute atomic E-state index is 0.788. The predicted molar refractivity (Wildman–Crippen MR) is 131 cm³/mol. The molecule has 2 heterocycles. The summed E-state index contributed by atoms with van der Waals surface area (Å²) < 4.78 is 6.21. The molecule has 0 bridgehead atoms. The summed E-state index contributed by atoms with van der Waals surface area (Å²) in [5.41, 5.74) is 6.65. The van der Waals surface area contributed by atoms with Gasteiger partial charge in [-0.3, -0.25) is 4.98 Å². The third-order valence-electron chi connectivity index (χ3n) is 5.50. The number of hydrogen-bond donors (Lipinski definition) is 0. The van der Waals surface area contributed by atoms with Gasteiger partial charge in [-0.1, -0.05) is 48.0 Å². The molecule has 3 aromatic carbocycles. The Kier molecular flexibility index (Phi) is 5.34. The lowest BCUT2D eigenvalue weighted by molar-refractivity contribution is 0.481. The number of pyridine rings is 1. The zero-order chi connectivity index (χ0) is 21.9. The quantitative estimate of drug-likeness (QED) is 0.360. The third-order valence-corrected chi connectivity index (χ3v) is 5.50. The Labute approximate surface area is 189 Å². The van der Waals surface area contributed by atoms with Gasteiger partial charge in [-0.05, 0) is 54.4 Å². The molecule has 0 N–H and O–H groups in total. The zero-order valence-electron chi connectivity index (χ0n) is 18.3. The topological polar surface area (TPSA) is 28.6 Å². The molecule has 0 atom stereocenters. The van der Waals surface area contributed by atoms with Crippen LogP contribution in [0.15, 0.2) is 104 Å².